The Morgan fingerprint density at radius 2 is 1.77 bits per heavy atom. The van der Waals surface area contributed by atoms with Crippen LogP contribution in [0.25, 0.3) is 0 Å². The van der Waals surface area contributed by atoms with Gasteiger partial charge in [0.25, 0.3) is 5.91 Å². The maximum absolute atomic E-state index is 14.5. The molecule has 2 aliphatic rings. The van der Waals surface area contributed by atoms with Gasteiger partial charge in [0.05, 0.1) is 10.3 Å². The van der Waals surface area contributed by atoms with E-state index in [0.29, 0.717) is 31.2 Å². The Morgan fingerprint density at radius 3 is 2.33 bits per heavy atom. The minimum absolute atomic E-state index is 0.0150. The van der Waals surface area contributed by atoms with Gasteiger partial charge in [-0.1, -0.05) is 0 Å². The summed E-state index contributed by atoms with van der Waals surface area (Å²) >= 11 is 0. The van der Waals surface area contributed by atoms with Crippen molar-refractivity contribution in [2.24, 2.45) is 5.92 Å². The van der Waals surface area contributed by atoms with Gasteiger partial charge in [0.2, 0.25) is 10.0 Å². The predicted octanol–water partition coefficient (Wildman–Crippen LogP) is 3.75. The molecule has 0 aromatic heterocycles. The van der Waals surface area contributed by atoms with Crippen molar-refractivity contribution in [2.75, 3.05) is 25.0 Å². The van der Waals surface area contributed by atoms with Crippen LogP contribution in [0.1, 0.15) is 69.7 Å². The molecule has 1 aliphatic heterocycles. The number of anilines is 1. The zero-order chi connectivity index (χ0) is 21.9. The van der Waals surface area contributed by atoms with Crippen LogP contribution in [0.2, 0.25) is 0 Å². The molecule has 1 aromatic rings. The van der Waals surface area contributed by atoms with Crippen molar-refractivity contribution in [3.8, 4) is 0 Å². The molecule has 0 atom stereocenters. The van der Waals surface area contributed by atoms with Crippen molar-refractivity contribution in [2.45, 2.75) is 70.1 Å². The van der Waals surface area contributed by atoms with Crippen molar-refractivity contribution in [1.82, 2.24) is 9.62 Å². The van der Waals surface area contributed by atoms with Gasteiger partial charge in [-0.3, -0.25) is 4.79 Å². The number of rotatable bonds is 6. The van der Waals surface area contributed by atoms with E-state index in [-0.39, 0.29) is 17.5 Å². The summed E-state index contributed by atoms with van der Waals surface area (Å²) in [5, 5.41) is 3.27. The Hall–Kier alpha value is -1.67. The van der Waals surface area contributed by atoms with Gasteiger partial charge in [-0.2, -0.15) is 0 Å². The van der Waals surface area contributed by atoms with E-state index in [0.717, 1.165) is 38.5 Å². The molecule has 0 radical (unpaired) electrons. The zero-order valence-corrected chi connectivity index (χ0v) is 19.0. The molecule has 30 heavy (non-hydrogen) atoms. The van der Waals surface area contributed by atoms with Crippen molar-refractivity contribution >= 4 is 21.6 Å². The maximum Gasteiger partial charge on any atom is 0.256 e. The lowest BCUT2D eigenvalue weighted by Crippen LogP contribution is -2.46. The SMILES string of the molecule is CC(C)(C)S(=O)(=O)NC1CCC(CNc2ccc(C(=O)N3CCCC3)c(F)c2)CC1. The van der Waals surface area contributed by atoms with Crippen LogP contribution in [0.15, 0.2) is 18.2 Å². The fourth-order valence-corrected chi connectivity index (χ4v) is 5.06. The Labute approximate surface area is 179 Å². The van der Waals surface area contributed by atoms with Crippen LogP contribution in [0, 0.1) is 11.7 Å². The molecule has 8 heteroatoms. The van der Waals surface area contributed by atoms with Crippen LogP contribution in [0.3, 0.4) is 0 Å². The highest BCUT2D eigenvalue weighted by molar-refractivity contribution is 7.90. The summed E-state index contributed by atoms with van der Waals surface area (Å²) in [6, 6.07) is 4.71. The second-order valence-corrected chi connectivity index (χ2v) is 12.0. The van der Waals surface area contributed by atoms with Gasteiger partial charge >= 0.3 is 0 Å². The number of hydrogen-bond donors (Lipinski definition) is 2. The van der Waals surface area contributed by atoms with E-state index in [2.05, 4.69) is 10.0 Å². The van der Waals surface area contributed by atoms with Gasteiger partial charge in [0, 0.05) is 31.4 Å². The molecular formula is C22H34FN3O3S. The molecule has 1 aliphatic carbocycles. The summed E-state index contributed by atoms with van der Waals surface area (Å²) in [6.45, 7) is 7.22. The van der Waals surface area contributed by atoms with Crippen molar-refractivity contribution < 1.29 is 17.6 Å². The molecular weight excluding hydrogens is 405 g/mol. The molecule has 0 spiro atoms. The van der Waals surface area contributed by atoms with Crippen LogP contribution in [-0.4, -0.2) is 49.6 Å². The van der Waals surface area contributed by atoms with Gasteiger partial charge in [-0.25, -0.2) is 17.5 Å². The molecule has 1 saturated heterocycles. The molecule has 2 fully saturated rings. The molecule has 168 valence electrons. The Morgan fingerprint density at radius 1 is 1.13 bits per heavy atom. The lowest BCUT2D eigenvalue weighted by atomic mass is 9.86. The Balaban J connectivity index is 1.48. The van der Waals surface area contributed by atoms with Crippen molar-refractivity contribution in [1.29, 1.82) is 0 Å². The Bertz CT molecular complexity index is 853. The fraction of sp³-hybridized carbons (Fsp3) is 0.682. The molecule has 1 saturated carbocycles. The van der Waals surface area contributed by atoms with Crippen LogP contribution >= 0.6 is 0 Å². The summed E-state index contributed by atoms with van der Waals surface area (Å²) in [6.07, 6.45) is 5.40. The van der Waals surface area contributed by atoms with E-state index in [4.69, 9.17) is 0 Å². The third kappa shape index (κ3) is 5.52. The average Bonchev–Trinajstić information content (AvgIpc) is 3.21. The first kappa shape index (κ1) is 23.0. The summed E-state index contributed by atoms with van der Waals surface area (Å²) in [5.74, 6) is -0.306. The lowest BCUT2D eigenvalue weighted by Gasteiger charge is -2.31. The van der Waals surface area contributed by atoms with Gasteiger partial charge < -0.3 is 10.2 Å². The number of likely N-dealkylation sites (tertiary alicyclic amines) is 1. The first-order chi connectivity index (χ1) is 14.1. The number of carbonyl (C=O) groups excluding carboxylic acids is 1. The maximum atomic E-state index is 14.5. The normalized spacial score (nSPS) is 22.9. The van der Waals surface area contributed by atoms with Crippen LogP contribution in [-0.2, 0) is 10.0 Å². The molecule has 1 aromatic carbocycles. The minimum Gasteiger partial charge on any atom is -0.385 e. The second-order valence-electron chi connectivity index (χ2n) is 9.53. The summed E-state index contributed by atoms with van der Waals surface area (Å²) in [5.41, 5.74) is 0.801. The molecule has 1 amide bonds. The number of carbonyl (C=O) groups is 1. The first-order valence-electron chi connectivity index (χ1n) is 10.9. The van der Waals surface area contributed by atoms with E-state index in [1.165, 1.54) is 6.07 Å². The summed E-state index contributed by atoms with van der Waals surface area (Å²) < 4.78 is 41.1. The number of nitrogens with zero attached hydrogens (tertiary/aromatic N) is 1. The number of benzene rings is 1. The average molecular weight is 440 g/mol. The van der Waals surface area contributed by atoms with Crippen LogP contribution < -0.4 is 10.0 Å². The zero-order valence-electron chi connectivity index (χ0n) is 18.2. The largest absolute Gasteiger partial charge is 0.385 e. The topological polar surface area (TPSA) is 78.5 Å². The predicted molar refractivity (Wildman–Crippen MR) is 118 cm³/mol. The first-order valence-corrected chi connectivity index (χ1v) is 12.4. The number of nitrogens with one attached hydrogen (secondary N) is 2. The monoisotopic (exact) mass is 439 g/mol. The highest BCUT2D eigenvalue weighted by Gasteiger charge is 2.32. The Kier molecular flexibility index (Phi) is 7.07. The third-order valence-electron chi connectivity index (χ3n) is 6.16. The lowest BCUT2D eigenvalue weighted by molar-refractivity contribution is 0.0788. The van der Waals surface area contributed by atoms with Crippen LogP contribution in [0.4, 0.5) is 10.1 Å². The van der Waals surface area contributed by atoms with E-state index >= 15 is 0 Å². The number of sulfonamides is 1. The van der Waals surface area contributed by atoms with Crippen LogP contribution in [0.5, 0.6) is 0 Å². The molecule has 0 bridgehead atoms. The smallest absolute Gasteiger partial charge is 0.256 e. The number of hydrogen-bond acceptors (Lipinski definition) is 4. The highest BCUT2D eigenvalue weighted by Crippen LogP contribution is 2.27. The summed E-state index contributed by atoms with van der Waals surface area (Å²) in [4.78, 5) is 14.1. The molecule has 6 nitrogen and oxygen atoms in total. The number of halogens is 1. The highest BCUT2D eigenvalue weighted by atomic mass is 32.2. The van der Waals surface area contributed by atoms with Gasteiger partial charge in [0.15, 0.2) is 0 Å². The molecule has 2 N–H and O–H groups in total. The molecule has 1 heterocycles. The van der Waals surface area contributed by atoms with E-state index in [9.17, 15) is 17.6 Å². The van der Waals surface area contributed by atoms with E-state index in [1.54, 1.807) is 37.8 Å². The second kappa shape index (κ2) is 9.22. The standard InChI is InChI=1S/C22H34FN3O3S/c1-22(2,3)30(28,29)25-17-8-6-16(7-9-17)15-24-18-10-11-19(20(23)14-18)21(27)26-12-4-5-13-26/h10-11,14,16-17,24-25H,4-9,12-13,15H2,1-3H3. The van der Waals surface area contributed by atoms with Crippen molar-refractivity contribution in [3.63, 3.8) is 0 Å². The third-order valence-corrected chi connectivity index (χ3v) is 8.42. The van der Waals surface area contributed by atoms with Gasteiger partial charge in [0.1, 0.15) is 5.82 Å². The van der Waals surface area contributed by atoms with Gasteiger partial charge in [-0.15, -0.1) is 0 Å². The van der Waals surface area contributed by atoms with E-state index in [1.807, 2.05) is 0 Å². The summed E-state index contributed by atoms with van der Waals surface area (Å²) in [7, 11) is -3.33. The molecule has 0 unspecified atom stereocenters. The van der Waals surface area contributed by atoms with Crippen molar-refractivity contribution in [3.05, 3.63) is 29.6 Å². The molecule has 3 rings (SSSR count). The van der Waals surface area contributed by atoms with Gasteiger partial charge in [-0.05, 0) is 83.4 Å². The number of amides is 1. The minimum atomic E-state index is -3.33. The van der Waals surface area contributed by atoms with E-state index < -0.39 is 20.6 Å². The quantitative estimate of drug-likeness (QED) is 0.708. The fourth-order valence-electron chi connectivity index (χ4n) is 4.03.